The van der Waals surface area contributed by atoms with Gasteiger partial charge in [-0.3, -0.25) is 9.13 Å². The Kier molecular flexibility index (Phi) is 13.9. The smallest absolute Gasteiger partial charge is 0.314 e. The summed E-state index contributed by atoms with van der Waals surface area (Å²) in [5.74, 6) is 0. The van der Waals surface area contributed by atoms with Crippen LogP contribution in [-0.2, 0) is 9.13 Å². The molecule has 0 aromatic heterocycles. The highest BCUT2D eigenvalue weighted by molar-refractivity contribution is 7.31. The highest BCUT2D eigenvalue weighted by Gasteiger charge is 1.95. The molecule has 0 unspecified atom stereocenters. The van der Waals surface area contributed by atoms with Crippen LogP contribution >= 0.6 is 16.5 Å². The molecule has 6 nitrogen and oxygen atoms in total. The average Bonchev–Trinajstić information content (AvgIpc) is 1.50. The van der Waals surface area contributed by atoms with Gasteiger partial charge in [0.2, 0.25) is 0 Å². The molecule has 1 aliphatic carbocycles. The number of rotatable bonds is 0. The van der Waals surface area contributed by atoms with Gasteiger partial charge in [-0.25, -0.2) is 0 Å². The van der Waals surface area contributed by atoms with Gasteiger partial charge in [0.05, 0.1) is 0 Å². The average molecular weight is 220 g/mol. The van der Waals surface area contributed by atoms with Crippen LogP contribution < -0.4 is 0 Å². The summed E-state index contributed by atoms with van der Waals surface area (Å²) in [4.78, 5) is 28.6. The summed E-state index contributed by atoms with van der Waals surface area (Å²) in [5, 5.41) is 0. The first kappa shape index (κ1) is 14.8. The Labute approximate surface area is 71.8 Å². The summed E-state index contributed by atoms with van der Waals surface area (Å²) in [6.07, 6.45) is 6.00. The van der Waals surface area contributed by atoms with Crippen molar-refractivity contribution < 1.29 is 28.7 Å². The second kappa shape index (κ2) is 11.3. The predicted molar refractivity (Wildman–Crippen MR) is 45.3 cm³/mol. The molecule has 0 bridgehead atoms. The topological polar surface area (TPSA) is 115 Å². The molecule has 1 rings (SSSR count). The van der Waals surface area contributed by atoms with E-state index in [1.54, 1.807) is 0 Å². The molecule has 0 radical (unpaired) electrons. The summed E-state index contributed by atoms with van der Waals surface area (Å²) in [6.45, 7) is 0. The van der Waals surface area contributed by atoms with Gasteiger partial charge in [0.15, 0.2) is 0 Å². The highest BCUT2D eigenvalue weighted by Crippen LogP contribution is 2.15. The predicted octanol–water partition coefficient (Wildman–Crippen LogP) is 0.282. The Morgan fingerprint density at radius 1 is 0.667 bits per heavy atom. The lowest BCUT2D eigenvalue weighted by molar-refractivity contribution is 0.403. The maximum Gasteiger partial charge on any atom is 0.314 e. The molecule has 8 heteroatoms. The lowest BCUT2D eigenvalue weighted by atomic mass is 10.0. The normalized spacial score (nSPS) is 13.8. The lowest BCUT2D eigenvalue weighted by Gasteiger charge is -2.05. The summed E-state index contributed by atoms with van der Waals surface area (Å²) in [5.41, 5.74) is 0. The van der Waals surface area contributed by atoms with Gasteiger partial charge >= 0.3 is 16.5 Å². The third-order valence-electron chi connectivity index (χ3n) is 1.000. The van der Waals surface area contributed by atoms with E-state index in [2.05, 4.69) is 0 Å². The minimum Gasteiger partial charge on any atom is -0.326 e. The van der Waals surface area contributed by atoms with Gasteiger partial charge in [-0.1, -0.05) is 25.7 Å². The molecule has 1 saturated carbocycles. The summed E-state index contributed by atoms with van der Waals surface area (Å²) in [6, 6.07) is 0. The van der Waals surface area contributed by atoms with Crippen molar-refractivity contribution in [1.82, 2.24) is 0 Å². The molecule has 0 amide bonds. The minimum absolute atomic E-state index is 1.50. The van der Waals surface area contributed by atoms with Crippen molar-refractivity contribution in [3.05, 3.63) is 0 Å². The van der Waals surface area contributed by atoms with Crippen molar-refractivity contribution in [3.8, 4) is 0 Å². The van der Waals surface area contributed by atoms with Gasteiger partial charge in [0, 0.05) is 0 Å². The SMILES string of the molecule is C1CCC1.O=[PH](O)O.O=[PH](O)O. The van der Waals surface area contributed by atoms with Gasteiger partial charge in [0.1, 0.15) is 0 Å². The van der Waals surface area contributed by atoms with Crippen LogP contribution in [0.15, 0.2) is 0 Å². The molecule has 0 saturated heterocycles. The second-order valence-corrected chi connectivity index (χ2v) is 3.11. The van der Waals surface area contributed by atoms with Gasteiger partial charge in [-0.05, 0) is 0 Å². The van der Waals surface area contributed by atoms with Gasteiger partial charge < -0.3 is 19.6 Å². The monoisotopic (exact) mass is 220 g/mol. The van der Waals surface area contributed by atoms with Crippen LogP contribution in [0.4, 0.5) is 0 Å². The van der Waals surface area contributed by atoms with Crippen molar-refractivity contribution in [2.24, 2.45) is 0 Å². The Bertz CT molecular complexity index is 110. The van der Waals surface area contributed by atoms with Gasteiger partial charge in [-0.15, -0.1) is 0 Å². The zero-order chi connectivity index (χ0) is 9.98. The first-order valence-corrected chi connectivity index (χ1v) is 5.91. The van der Waals surface area contributed by atoms with Crippen LogP contribution in [0.2, 0.25) is 0 Å². The molecule has 0 aromatic rings. The molecule has 0 aliphatic heterocycles. The van der Waals surface area contributed by atoms with E-state index < -0.39 is 16.5 Å². The van der Waals surface area contributed by atoms with Crippen LogP contribution in [0, 0.1) is 0 Å². The van der Waals surface area contributed by atoms with Gasteiger partial charge in [0.25, 0.3) is 0 Å². The van der Waals surface area contributed by atoms with Crippen LogP contribution in [0.5, 0.6) is 0 Å². The quantitative estimate of drug-likeness (QED) is 0.436. The van der Waals surface area contributed by atoms with Crippen molar-refractivity contribution in [2.75, 3.05) is 0 Å². The zero-order valence-corrected chi connectivity index (χ0v) is 8.43. The minimum atomic E-state index is -3.13. The molecule has 12 heavy (non-hydrogen) atoms. The first-order chi connectivity index (χ1) is 5.46. The van der Waals surface area contributed by atoms with Crippen LogP contribution in [-0.4, -0.2) is 19.6 Å². The van der Waals surface area contributed by atoms with E-state index in [1.165, 1.54) is 25.7 Å². The van der Waals surface area contributed by atoms with Crippen LogP contribution in [0.3, 0.4) is 0 Å². The van der Waals surface area contributed by atoms with Crippen molar-refractivity contribution in [1.29, 1.82) is 0 Å². The maximum absolute atomic E-state index is 8.74. The Morgan fingerprint density at radius 3 is 0.750 bits per heavy atom. The molecule has 4 N–H and O–H groups in total. The zero-order valence-electron chi connectivity index (χ0n) is 6.43. The summed E-state index contributed by atoms with van der Waals surface area (Å²) < 4.78 is 17.5. The fraction of sp³-hybridized carbons (Fsp3) is 1.00. The highest BCUT2D eigenvalue weighted by atomic mass is 31.1. The van der Waals surface area contributed by atoms with E-state index in [0.29, 0.717) is 0 Å². The molecule has 0 aromatic carbocycles. The van der Waals surface area contributed by atoms with Crippen LogP contribution in [0.25, 0.3) is 0 Å². The lowest BCUT2D eigenvalue weighted by Crippen LogP contribution is -1.85. The molecule has 0 atom stereocenters. The fourth-order valence-corrected chi connectivity index (χ4v) is 0.250. The number of hydrogen-bond acceptors (Lipinski definition) is 2. The Balaban J connectivity index is 0. The van der Waals surface area contributed by atoms with E-state index in [4.69, 9.17) is 28.7 Å². The molecule has 1 aliphatic rings. The van der Waals surface area contributed by atoms with E-state index in [0.717, 1.165) is 0 Å². The second-order valence-electron chi connectivity index (χ2n) is 1.98. The fourth-order valence-electron chi connectivity index (χ4n) is 0.250. The first-order valence-electron chi connectivity index (χ1n) is 3.30. The molecular weight excluding hydrogens is 206 g/mol. The third-order valence-corrected chi connectivity index (χ3v) is 1.000. The molecule has 1 fully saturated rings. The molecular formula is C4H14O6P2. The maximum atomic E-state index is 8.74. The van der Waals surface area contributed by atoms with E-state index >= 15 is 0 Å². The third kappa shape index (κ3) is 48.2. The molecule has 0 spiro atoms. The van der Waals surface area contributed by atoms with Crippen molar-refractivity contribution >= 4 is 16.5 Å². The Morgan fingerprint density at radius 2 is 0.750 bits per heavy atom. The van der Waals surface area contributed by atoms with Crippen molar-refractivity contribution in [3.63, 3.8) is 0 Å². The molecule has 0 heterocycles. The molecule has 76 valence electrons. The van der Waals surface area contributed by atoms with Crippen LogP contribution in [0.1, 0.15) is 25.7 Å². The number of hydrogen-bond donors (Lipinski definition) is 4. The van der Waals surface area contributed by atoms with E-state index in [1.807, 2.05) is 0 Å². The van der Waals surface area contributed by atoms with E-state index in [9.17, 15) is 0 Å². The summed E-state index contributed by atoms with van der Waals surface area (Å²) >= 11 is 0. The largest absolute Gasteiger partial charge is 0.326 e. The van der Waals surface area contributed by atoms with Gasteiger partial charge in [-0.2, -0.15) is 0 Å². The standard InChI is InChI=1S/C4H8.2H3O3P/c1-2-4-3-1;2*1-4(2)3/h1-4H2;2*4H,(H2,1,2,3). The summed E-state index contributed by atoms with van der Waals surface area (Å²) in [7, 11) is -6.26. The Hall–Kier alpha value is 0.300. The van der Waals surface area contributed by atoms with E-state index in [-0.39, 0.29) is 0 Å². The van der Waals surface area contributed by atoms with Crippen molar-refractivity contribution in [2.45, 2.75) is 25.7 Å².